The second kappa shape index (κ2) is 4.42. The number of nitrogens with one attached hydrogen (secondary N) is 1. The second-order valence-electron chi connectivity index (χ2n) is 6.07. The largest absolute Gasteiger partial charge is 0.349 e. The number of fused-ring (bicyclic) bond motifs is 2. The monoisotopic (exact) mass is 243 g/mol. The quantitative estimate of drug-likeness (QED) is 0.849. The Morgan fingerprint density at radius 3 is 2.72 bits per heavy atom. The van der Waals surface area contributed by atoms with Gasteiger partial charge in [-0.05, 0) is 56.6 Å². The van der Waals surface area contributed by atoms with Crippen LogP contribution in [0.5, 0.6) is 0 Å². The topological polar surface area (TPSA) is 29.1 Å². The Kier molecular flexibility index (Phi) is 2.89. The number of benzene rings is 1. The maximum Gasteiger partial charge on any atom is 0.251 e. The molecule has 2 aliphatic carbocycles. The summed E-state index contributed by atoms with van der Waals surface area (Å²) in [6.07, 6.45) is 5.21. The molecule has 1 aromatic carbocycles. The van der Waals surface area contributed by atoms with Crippen molar-refractivity contribution in [2.24, 2.45) is 11.8 Å². The van der Waals surface area contributed by atoms with Crippen LogP contribution < -0.4 is 5.32 Å². The molecule has 3 rings (SSSR count). The summed E-state index contributed by atoms with van der Waals surface area (Å²) in [6.45, 7) is 4.04. The third kappa shape index (κ3) is 2.05. The van der Waals surface area contributed by atoms with Gasteiger partial charge < -0.3 is 5.32 Å². The fraction of sp³-hybridized carbons (Fsp3) is 0.562. The highest BCUT2D eigenvalue weighted by Crippen LogP contribution is 2.44. The van der Waals surface area contributed by atoms with Crippen molar-refractivity contribution in [1.29, 1.82) is 0 Å². The van der Waals surface area contributed by atoms with E-state index in [-0.39, 0.29) is 5.91 Å². The number of hydrogen-bond donors (Lipinski definition) is 1. The van der Waals surface area contributed by atoms with E-state index in [2.05, 4.69) is 11.4 Å². The maximum atomic E-state index is 12.3. The molecule has 2 nitrogen and oxygen atoms in total. The molecule has 0 saturated heterocycles. The first-order chi connectivity index (χ1) is 8.63. The van der Waals surface area contributed by atoms with Gasteiger partial charge in [0.05, 0.1) is 0 Å². The van der Waals surface area contributed by atoms with Crippen LogP contribution in [0.2, 0.25) is 0 Å². The van der Waals surface area contributed by atoms with Crippen LogP contribution in [0.4, 0.5) is 0 Å². The SMILES string of the molecule is Cc1ccc(C)c(C(=O)N[C@H]2C[C@@H]3CC[C@@H]2C3)c1. The van der Waals surface area contributed by atoms with Gasteiger partial charge in [0.1, 0.15) is 0 Å². The van der Waals surface area contributed by atoms with Crippen LogP contribution in [0.15, 0.2) is 18.2 Å². The smallest absolute Gasteiger partial charge is 0.251 e. The van der Waals surface area contributed by atoms with Crippen LogP contribution in [0.25, 0.3) is 0 Å². The molecule has 0 unspecified atom stereocenters. The van der Waals surface area contributed by atoms with E-state index in [1.54, 1.807) is 0 Å². The molecule has 2 saturated carbocycles. The summed E-state index contributed by atoms with van der Waals surface area (Å²) >= 11 is 0. The van der Waals surface area contributed by atoms with Gasteiger partial charge in [-0.2, -0.15) is 0 Å². The third-order valence-corrected chi connectivity index (χ3v) is 4.69. The molecule has 0 heterocycles. The minimum Gasteiger partial charge on any atom is -0.349 e. The molecule has 1 N–H and O–H groups in total. The lowest BCUT2D eigenvalue weighted by atomic mass is 9.94. The summed E-state index contributed by atoms with van der Waals surface area (Å²) in [7, 11) is 0. The maximum absolute atomic E-state index is 12.3. The van der Waals surface area contributed by atoms with Crippen LogP contribution in [0.3, 0.4) is 0 Å². The van der Waals surface area contributed by atoms with Crippen molar-refractivity contribution in [2.75, 3.05) is 0 Å². The van der Waals surface area contributed by atoms with E-state index in [1.165, 1.54) is 25.7 Å². The van der Waals surface area contributed by atoms with E-state index >= 15 is 0 Å². The van der Waals surface area contributed by atoms with Crippen molar-refractivity contribution in [2.45, 2.75) is 45.6 Å². The van der Waals surface area contributed by atoms with Crippen LogP contribution in [0.1, 0.15) is 47.2 Å². The lowest BCUT2D eigenvalue weighted by Crippen LogP contribution is -2.38. The molecule has 0 radical (unpaired) electrons. The van der Waals surface area contributed by atoms with Gasteiger partial charge in [0, 0.05) is 11.6 Å². The van der Waals surface area contributed by atoms with Crippen LogP contribution in [-0.4, -0.2) is 11.9 Å². The molecule has 96 valence electrons. The van der Waals surface area contributed by atoms with Crippen molar-refractivity contribution >= 4 is 5.91 Å². The van der Waals surface area contributed by atoms with Gasteiger partial charge in [-0.25, -0.2) is 0 Å². The van der Waals surface area contributed by atoms with Gasteiger partial charge in [-0.15, -0.1) is 0 Å². The first-order valence-corrected chi connectivity index (χ1v) is 7.01. The summed E-state index contributed by atoms with van der Waals surface area (Å²) in [5.74, 6) is 1.73. The first kappa shape index (κ1) is 11.8. The lowest BCUT2D eigenvalue weighted by molar-refractivity contribution is 0.0922. The second-order valence-corrected chi connectivity index (χ2v) is 6.07. The fourth-order valence-electron chi connectivity index (χ4n) is 3.65. The summed E-state index contributed by atoms with van der Waals surface area (Å²) in [4.78, 5) is 12.3. The van der Waals surface area contributed by atoms with Crippen molar-refractivity contribution in [3.05, 3.63) is 34.9 Å². The molecule has 2 heteroatoms. The highest BCUT2D eigenvalue weighted by Gasteiger charge is 2.40. The molecule has 0 spiro atoms. The van der Waals surface area contributed by atoms with Gasteiger partial charge in [0.2, 0.25) is 0 Å². The molecule has 18 heavy (non-hydrogen) atoms. The molecule has 1 aromatic rings. The number of rotatable bonds is 2. The normalized spacial score (nSPS) is 29.6. The Morgan fingerprint density at radius 1 is 1.22 bits per heavy atom. The van der Waals surface area contributed by atoms with Crippen LogP contribution >= 0.6 is 0 Å². The summed E-state index contributed by atoms with van der Waals surface area (Å²) in [6, 6.07) is 6.52. The van der Waals surface area contributed by atoms with Crippen LogP contribution in [0, 0.1) is 25.7 Å². The van der Waals surface area contributed by atoms with E-state index in [0.29, 0.717) is 6.04 Å². The average Bonchev–Trinajstić information content (AvgIpc) is 2.94. The number of aryl methyl sites for hydroxylation is 2. The minimum atomic E-state index is 0.119. The highest BCUT2D eigenvalue weighted by atomic mass is 16.1. The number of amides is 1. The molecule has 2 fully saturated rings. The fourth-order valence-corrected chi connectivity index (χ4v) is 3.65. The van der Waals surface area contributed by atoms with Crippen molar-refractivity contribution in [1.82, 2.24) is 5.32 Å². The Labute approximate surface area is 109 Å². The minimum absolute atomic E-state index is 0.119. The summed E-state index contributed by atoms with van der Waals surface area (Å²) < 4.78 is 0. The molecular weight excluding hydrogens is 222 g/mol. The third-order valence-electron chi connectivity index (χ3n) is 4.69. The van der Waals surface area contributed by atoms with Gasteiger partial charge in [-0.3, -0.25) is 4.79 Å². The molecule has 3 atom stereocenters. The average molecular weight is 243 g/mol. The predicted octanol–water partition coefficient (Wildman–Crippen LogP) is 3.22. The molecule has 1 amide bonds. The van der Waals surface area contributed by atoms with Gasteiger partial charge >= 0.3 is 0 Å². The molecule has 0 aromatic heterocycles. The van der Waals surface area contributed by atoms with Gasteiger partial charge in [0.15, 0.2) is 0 Å². The van der Waals surface area contributed by atoms with E-state index in [9.17, 15) is 4.79 Å². The lowest BCUT2D eigenvalue weighted by Gasteiger charge is -2.23. The molecule has 0 aliphatic heterocycles. The zero-order chi connectivity index (χ0) is 12.7. The summed E-state index contributed by atoms with van der Waals surface area (Å²) in [5, 5.41) is 3.26. The number of hydrogen-bond acceptors (Lipinski definition) is 1. The molecule has 2 aliphatic rings. The number of carbonyl (C=O) groups is 1. The van der Waals surface area contributed by atoms with Crippen molar-refractivity contribution in [3.63, 3.8) is 0 Å². The zero-order valence-electron chi connectivity index (χ0n) is 11.2. The molecular formula is C16H21NO. The van der Waals surface area contributed by atoms with E-state index in [0.717, 1.165) is 28.5 Å². The van der Waals surface area contributed by atoms with Crippen molar-refractivity contribution in [3.8, 4) is 0 Å². The van der Waals surface area contributed by atoms with Crippen molar-refractivity contribution < 1.29 is 4.79 Å². The Morgan fingerprint density at radius 2 is 2.06 bits per heavy atom. The standard InChI is InChI=1S/C16H21NO/c1-10-3-4-11(2)14(7-10)16(18)17-15-9-12-5-6-13(15)8-12/h3-4,7,12-13,15H,5-6,8-9H2,1-2H3,(H,17,18)/t12-,13-,15+/m1/s1. The zero-order valence-corrected chi connectivity index (χ0v) is 11.2. The first-order valence-electron chi connectivity index (χ1n) is 7.01. The predicted molar refractivity (Wildman–Crippen MR) is 72.6 cm³/mol. The van der Waals surface area contributed by atoms with Gasteiger partial charge in [-0.1, -0.05) is 24.1 Å². The van der Waals surface area contributed by atoms with E-state index < -0.39 is 0 Å². The van der Waals surface area contributed by atoms with E-state index in [1.807, 2.05) is 26.0 Å². The van der Waals surface area contributed by atoms with Gasteiger partial charge in [0.25, 0.3) is 5.91 Å². The Balaban J connectivity index is 1.73. The van der Waals surface area contributed by atoms with E-state index in [4.69, 9.17) is 0 Å². The Hall–Kier alpha value is -1.31. The number of carbonyl (C=O) groups excluding carboxylic acids is 1. The highest BCUT2D eigenvalue weighted by molar-refractivity contribution is 5.96. The Bertz CT molecular complexity index is 480. The van der Waals surface area contributed by atoms with Crippen LogP contribution in [-0.2, 0) is 0 Å². The molecule has 2 bridgehead atoms. The summed E-state index contributed by atoms with van der Waals surface area (Å²) in [5.41, 5.74) is 3.07.